The smallest absolute Gasteiger partial charge is 0.0946 e. The molecule has 148 valence electrons. The molecule has 1 atom stereocenters. The average Bonchev–Trinajstić information content (AvgIpc) is 3.22. The van der Waals surface area contributed by atoms with Gasteiger partial charge in [0.2, 0.25) is 0 Å². The van der Waals surface area contributed by atoms with Gasteiger partial charge in [-0.15, -0.1) is 11.8 Å². The summed E-state index contributed by atoms with van der Waals surface area (Å²) in [4.78, 5) is 4.67. The minimum absolute atomic E-state index is 0.125. The van der Waals surface area contributed by atoms with E-state index >= 15 is 0 Å². The van der Waals surface area contributed by atoms with Gasteiger partial charge in [0, 0.05) is 23.0 Å². The monoisotopic (exact) mass is 494 g/mol. The fourth-order valence-corrected chi connectivity index (χ4v) is 5.05. The summed E-state index contributed by atoms with van der Waals surface area (Å²) in [5, 5.41) is 1.11. The lowest BCUT2D eigenvalue weighted by Gasteiger charge is -2.20. The Kier molecular flexibility index (Phi) is 8.24. The van der Waals surface area contributed by atoms with E-state index in [0.717, 1.165) is 5.56 Å². The molecule has 1 heterocycles. The van der Waals surface area contributed by atoms with E-state index in [1.165, 1.54) is 11.8 Å². The number of aromatic nitrogens is 2. The topological polar surface area (TPSA) is 27.1 Å². The van der Waals surface area contributed by atoms with Crippen LogP contribution < -0.4 is 0 Å². The number of nitrogens with zero attached hydrogens (tertiary/aromatic N) is 2. The summed E-state index contributed by atoms with van der Waals surface area (Å²) in [7, 11) is 0. The van der Waals surface area contributed by atoms with Gasteiger partial charge in [-0.25, -0.2) is 4.98 Å². The van der Waals surface area contributed by atoms with E-state index in [0.29, 0.717) is 23.8 Å². The zero-order valence-electron chi connectivity index (χ0n) is 14.4. The first kappa shape index (κ1) is 22.1. The van der Waals surface area contributed by atoms with Crippen LogP contribution in [0.4, 0.5) is 0 Å². The molecule has 28 heavy (non-hydrogen) atoms. The molecule has 0 spiro atoms. The normalized spacial score (nSPS) is 12.3. The fraction of sp³-hybridized carbons (Fsp3) is 0.211. The molecule has 0 radical (unpaired) electrons. The van der Waals surface area contributed by atoms with Crippen molar-refractivity contribution in [1.82, 2.24) is 9.55 Å². The van der Waals surface area contributed by atoms with Gasteiger partial charge in [-0.1, -0.05) is 88.3 Å². The number of rotatable bonds is 8. The van der Waals surface area contributed by atoms with E-state index in [4.69, 9.17) is 62.7 Å². The van der Waals surface area contributed by atoms with E-state index < -0.39 is 0 Å². The van der Waals surface area contributed by atoms with Crippen molar-refractivity contribution >= 4 is 69.8 Å². The molecule has 3 aromatic rings. The predicted octanol–water partition coefficient (Wildman–Crippen LogP) is 7.53. The van der Waals surface area contributed by atoms with Crippen molar-refractivity contribution in [1.29, 1.82) is 0 Å². The number of halogens is 5. The summed E-state index contributed by atoms with van der Waals surface area (Å²) >= 11 is 32.5. The van der Waals surface area contributed by atoms with Crippen molar-refractivity contribution < 1.29 is 4.74 Å². The van der Waals surface area contributed by atoms with Crippen LogP contribution in [0.5, 0.6) is 0 Å². The highest BCUT2D eigenvalue weighted by molar-refractivity contribution is 7.99. The second-order valence-corrected chi connectivity index (χ2v) is 8.81. The molecule has 0 saturated carbocycles. The van der Waals surface area contributed by atoms with Crippen molar-refractivity contribution in [3.63, 3.8) is 0 Å². The molecule has 1 unspecified atom stereocenters. The molecule has 0 amide bonds. The van der Waals surface area contributed by atoms with Crippen molar-refractivity contribution in [3.05, 3.63) is 79.7 Å². The van der Waals surface area contributed by atoms with Crippen LogP contribution in [0.15, 0.2) is 53.9 Å². The van der Waals surface area contributed by atoms with E-state index in [2.05, 4.69) is 4.98 Å². The van der Waals surface area contributed by atoms with Gasteiger partial charge >= 0.3 is 0 Å². The molecule has 0 aliphatic carbocycles. The van der Waals surface area contributed by atoms with Crippen molar-refractivity contribution in [2.75, 3.05) is 5.75 Å². The minimum atomic E-state index is -0.125. The van der Waals surface area contributed by atoms with Gasteiger partial charge in [0.05, 0.1) is 50.7 Å². The predicted molar refractivity (Wildman–Crippen MR) is 119 cm³/mol. The van der Waals surface area contributed by atoms with Gasteiger partial charge in [0.15, 0.2) is 0 Å². The molecular weight excluding hydrogens is 482 g/mol. The lowest BCUT2D eigenvalue weighted by molar-refractivity contribution is 0.0450. The van der Waals surface area contributed by atoms with Gasteiger partial charge in [-0.05, 0) is 5.56 Å². The molecule has 1 aromatic heterocycles. The SMILES string of the molecule is Clc1c(Cl)c(Cl)c(SCC(Cn2ccnc2)OCc2ccccc2)c(Cl)c1Cl. The highest BCUT2D eigenvalue weighted by atomic mass is 35.5. The fourth-order valence-electron chi connectivity index (χ4n) is 2.46. The third-order valence-electron chi connectivity index (χ3n) is 3.89. The van der Waals surface area contributed by atoms with Crippen LogP contribution >= 0.6 is 69.8 Å². The number of imidazole rings is 1. The third-order valence-corrected chi connectivity index (χ3v) is 7.62. The summed E-state index contributed by atoms with van der Waals surface area (Å²) < 4.78 is 8.10. The molecule has 0 saturated heterocycles. The zero-order valence-corrected chi connectivity index (χ0v) is 19.0. The molecular formula is C19H15Cl5N2OS. The summed E-state index contributed by atoms with van der Waals surface area (Å²) in [6.45, 7) is 1.12. The van der Waals surface area contributed by atoms with Crippen LogP contribution in [0.1, 0.15) is 5.56 Å². The van der Waals surface area contributed by atoms with Crippen LogP contribution in [0.2, 0.25) is 25.1 Å². The summed E-state index contributed by atoms with van der Waals surface area (Å²) in [6, 6.07) is 9.98. The molecule has 0 N–H and O–H groups in total. The summed E-state index contributed by atoms with van der Waals surface area (Å²) in [5.41, 5.74) is 1.09. The van der Waals surface area contributed by atoms with E-state index in [1.54, 1.807) is 12.5 Å². The second kappa shape index (κ2) is 10.4. The molecule has 3 nitrogen and oxygen atoms in total. The quantitative estimate of drug-likeness (QED) is 0.183. The molecule has 0 aliphatic heterocycles. The Labute approximate surface area is 192 Å². The molecule has 0 bridgehead atoms. The first-order valence-corrected chi connectivity index (χ1v) is 11.1. The Morgan fingerprint density at radius 1 is 0.929 bits per heavy atom. The Morgan fingerprint density at radius 2 is 1.57 bits per heavy atom. The Morgan fingerprint density at radius 3 is 2.18 bits per heavy atom. The van der Waals surface area contributed by atoms with Gasteiger partial charge < -0.3 is 9.30 Å². The molecule has 9 heteroatoms. The number of hydrogen-bond donors (Lipinski definition) is 0. The maximum Gasteiger partial charge on any atom is 0.0946 e. The van der Waals surface area contributed by atoms with Crippen molar-refractivity contribution in [2.24, 2.45) is 0 Å². The van der Waals surface area contributed by atoms with E-state index in [1.807, 2.05) is 41.1 Å². The van der Waals surface area contributed by atoms with E-state index in [9.17, 15) is 0 Å². The van der Waals surface area contributed by atoms with E-state index in [-0.39, 0.29) is 31.2 Å². The molecule has 3 rings (SSSR count). The highest BCUT2D eigenvalue weighted by Crippen LogP contribution is 2.48. The average molecular weight is 497 g/mol. The highest BCUT2D eigenvalue weighted by Gasteiger charge is 2.21. The third kappa shape index (κ3) is 5.51. The number of hydrogen-bond acceptors (Lipinski definition) is 3. The molecule has 2 aromatic carbocycles. The molecule has 0 fully saturated rings. The lowest BCUT2D eigenvalue weighted by Crippen LogP contribution is -2.22. The van der Waals surface area contributed by atoms with Crippen molar-refractivity contribution in [2.45, 2.75) is 24.2 Å². The van der Waals surface area contributed by atoms with Crippen LogP contribution in [0.25, 0.3) is 0 Å². The standard InChI is InChI=1S/C19H15Cl5N2OS/c20-14-15(21)17(23)19(18(24)16(14)22)28-10-13(8-26-7-6-25-11-26)27-9-12-4-2-1-3-5-12/h1-7,11,13H,8-10H2. The molecule has 0 aliphatic rings. The van der Waals surface area contributed by atoms with Gasteiger partial charge in [0.25, 0.3) is 0 Å². The minimum Gasteiger partial charge on any atom is -0.371 e. The largest absolute Gasteiger partial charge is 0.371 e. The van der Waals surface area contributed by atoms with Crippen molar-refractivity contribution in [3.8, 4) is 0 Å². The summed E-state index contributed by atoms with van der Waals surface area (Å²) in [5.74, 6) is 0.582. The Balaban J connectivity index is 1.74. The van der Waals surface area contributed by atoms with Crippen LogP contribution in [0, 0.1) is 0 Å². The number of ether oxygens (including phenoxy) is 1. The first-order valence-electron chi connectivity index (χ1n) is 8.23. The van der Waals surface area contributed by atoms with Crippen LogP contribution in [0.3, 0.4) is 0 Å². The number of thioether (sulfide) groups is 1. The van der Waals surface area contributed by atoms with Gasteiger partial charge in [-0.3, -0.25) is 0 Å². The second-order valence-electron chi connectivity index (χ2n) is 5.89. The summed E-state index contributed by atoms with van der Waals surface area (Å²) in [6.07, 6.45) is 5.24. The Bertz CT molecular complexity index is 893. The Hall–Kier alpha value is -0.590. The van der Waals surface area contributed by atoms with Crippen LogP contribution in [-0.2, 0) is 17.9 Å². The van der Waals surface area contributed by atoms with Gasteiger partial charge in [-0.2, -0.15) is 0 Å². The zero-order chi connectivity index (χ0) is 20.1. The maximum atomic E-state index is 6.34. The van der Waals surface area contributed by atoms with Gasteiger partial charge in [0.1, 0.15) is 0 Å². The maximum absolute atomic E-state index is 6.34. The first-order chi connectivity index (χ1) is 13.5. The lowest BCUT2D eigenvalue weighted by atomic mass is 10.2. The van der Waals surface area contributed by atoms with Crippen LogP contribution in [-0.4, -0.2) is 21.4 Å². The number of benzene rings is 2.